The van der Waals surface area contributed by atoms with Crippen molar-refractivity contribution < 1.29 is 24.2 Å². The average Bonchev–Trinajstić information content (AvgIpc) is 3.22. The van der Waals surface area contributed by atoms with Gasteiger partial charge in [0.25, 0.3) is 0 Å². The zero-order valence-electron chi connectivity index (χ0n) is 17.1. The minimum atomic E-state index is -0.418. The van der Waals surface area contributed by atoms with Crippen LogP contribution in [0, 0.1) is 17.3 Å². The van der Waals surface area contributed by atoms with E-state index in [2.05, 4.69) is 0 Å². The number of aliphatic hydroxyl groups is 1. The number of amides is 2. The fourth-order valence-corrected chi connectivity index (χ4v) is 4.42. The van der Waals surface area contributed by atoms with E-state index in [0.717, 1.165) is 5.56 Å². The lowest BCUT2D eigenvalue weighted by Crippen LogP contribution is -2.41. The van der Waals surface area contributed by atoms with Crippen LogP contribution in [0.5, 0.6) is 11.5 Å². The van der Waals surface area contributed by atoms with E-state index < -0.39 is 5.41 Å². The molecule has 0 unspecified atom stereocenters. The summed E-state index contributed by atoms with van der Waals surface area (Å²) in [5, 5.41) is 10.1. The maximum absolute atomic E-state index is 13.0. The number of ether oxygens (including phenoxy) is 2. The van der Waals surface area contributed by atoms with Crippen molar-refractivity contribution in [2.45, 2.75) is 20.3 Å². The van der Waals surface area contributed by atoms with Gasteiger partial charge in [-0.3, -0.25) is 9.59 Å². The van der Waals surface area contributed by atoms with E-state index in [-0.39, 0.29) is 36.7 Å². The second-order valence-electron chi connectivity index (χ2n) is 8.22. The molecule has 28 heavy (non-hydrogen) atoms. The van der Waals surface area contributed by atoms with E-state index in [1.807, 2.05) is 29.7 Å². The molecule has 1 aromatic rings. The van der Waals surface area contributed by atoms with Crippen molar-refractivity contribution in [2.75, 3.05) is 47.0 Å². The summed E-state index contributed by atoms with van der Waals surface area (Å²) in [6.45, 7) is 5.90. The molecule has 2 aliphatic heterocycles. The number of hydrogen-bond donors (Lipinski definition) is 1. The van der Waals surface area contributed by atoms with Gasteiger partial charge in [0.2, 0.25) is 11.8 Å². The second kappa shape index (κ2) is 7.99. The van der Waals surface area contributed by atoms with Gasteiger partial charge in [-0.1, -0.05) is 13.8 Å². The van der Waals surface area contributed by atoms with Gasteiger partial charge in [-0.25, -0.2) is 0 Å². The van der Waals surface area contributed by atoms with Crippen molar-refractivity contribution in [1.29, 1.82) is 0 Å². The Bertz CT molecular complexity index is 750. The quantitative estimate of drug-likeness (QED) is 0.789. The van der Waals surface area contributed by atoms with E-state index in [1.54, 1.807) is 26.4 Å². The molecule has 0 bridgehead atoms. The highest BCUT2D eigenvalue weighted by molar-refractivity contribution is 5.81. The second-order valence-corrected chi connectivity index (χ2v) is 8.22. The van der Waals surface area contributed by atoms with Crippen molar-refractivity contribution in [1.82, 2.24) is 9.80 Å². The number of aliphatic hydroxyl groups excluding tert-OH is 1. The number of rotatable bonds is 6. The van der Waals surface area contributed by atoms with Gasteiger partial charge < -0.3 is 24.4 Å². The molecule has 2 aliphatic rings. The summed E-state index contributed by atoms with van der Waals surface area (Å²) in [7, 11) is 3.17. The molecule has 2 heterocycles. The fraction of sp³-hybridized carbons (Fsp3) is 0.619. The number of likely N-dealkylation sites (tertiary alicyclic amines) is 2. The maximum atomic E-state index is 13.0. The topological polar surface area (TPSA) is 79.3 Å². The molecule has 0 aliphatic carbocycles. The Morgan fingerprint density at radius 3 is 2.43 bits per heavy atom. The first-order valence-corrected chi connectivity index (χ1v) is 9.72. The first kappa shape index (κ1) is 20.5. The van der Waals surface area contributed by atoms with Crippen LogP contribution in [0.15, 0.2) is 18.2 Å². The third-order valence-corrected chi connectivity index (χ3v) is 6.06. The molecule has 7 heteroatoms. The number of fused-ring (bicyclic) bond motifs is 1. The van der Waals surface area contributed by atoms with Crippen LogP contribution in [-0.2, 0) is 16.0 Å². The summed E-state index contributed by atoms with van der Waals surface area (Å²) in [5.74, 6) is 1.48. The molecule has 0 aromatic heterocycles. The van der Waals surface area contributed by atoms with E-state index in [9.17, 15) is 14.7 Å². The van der Waals surface area contributed by atoms with Crippen LogP contribution < -0.4 is 9.47 Å². The summed E-state index contributed by atoms with van der Waals surface area (Å²) in [6.07, 6.45) is 0.212. The Kier molecular flexibility index (Phi) is 5.84. The molecule has 1 aromatic carbocycles. The molecular weight excluding hydrogens is 360 g/mol. The van der Waals surface area contributed by atoms with E-state index in [0.29, 0.717) is 37.7 Å². The highest BCUT2D eigenvalue weighted by Gasteiger charge is 2.54. The zero-order valence-corrected chi connectivity index (χ0v) is 17.1. The Morgan fingerprint density at radius 1 is 1.18 bits per heavy atom. The van der Waals surface area contributed by atoms with Gasteiger partial charge in [-0.05, 0) is 18.2 Å². The van der Waals surface area contributed by atoms with Crippen LogP contribution in [0.3, 0.4) is 0 Å². The van der Waals surface area contributed by atoms with Crippen molar-refractivity contribution in [3.05, 3.63) is 23.8 Å². The smallest absolute Gasteiger partial charge is 0.227 e. The summed E-state index contributed by atoms with van der Waals surface area (Å²) < 4.78 is 10.6. The molecule has 2 fully saturated rings. The minimum Gasteiger partial charge on any atom is -0.497 e. The van der Waals surface area contributed by atoms with E-state index in [4.69, 9.17) is 9.47 Å². The zero-order chi connectivity index (χ0) is 20.5. The lowest BCUT2D eigenvalue weighted by molar-refractivity contribution is -0.134. The number of benzene rings is 1. The van der Waals surface area contributed by atoms with Crippen molar-refractivity contribution in [3.8, 4) is 11.5 Å². The first-order valence-electron chi connectivity index (χ1n) is 9.72. The van der Waals surface area contributed by atoms with E-state index in [1.165, 1.54) is 0 Å². The normalized spacial score (nSPS) is 23.9. The number of nitrogens with zero attached hydrogens (tertiary/aromatic N) is 2. The molecule has 2 atom stereocenters. The van der Waals surface area contributed by atoms with Crippen LogP contribution >= 0.6 is 0 Å². The molecule has 2 amide bonds. The van der Waals surface area contributed by atoms with Crippen LogP contribution in [-0.4, -0.2) is 73.7 Å². The monoisotopic (exact) mass is 390 g/mol. The Hall–Kier alpha value is -2.28. The molecule has 0 radical (unpaired) electrons. The molecule has 2 saturated heterocycles. The predicted octanol–water partition coefficient (Wildman–Crippen LogP) is 1.18. The van der Waals surface area contributed by atoms with Gasteiger partial charge in [0.1, 0.15) is 11.5 Å². The lowest BCUT2D eigenvalue weighted by Gasteiger charge is -2.28. The largest absolute Gasteiger partial charge is 0.497 e. The Labute approximate surface area is 166 Å². The number of methoxy groups -OCH3 is 2. The summed E-state index contributed by atoms with van der Waals surface area (Å²) in [4.78, 5) is 29.0. The Balaban J connectivity index is 1.71. The highest BCUT2D eigenvalue weighted by Crippen LogP contribution is 2.43. The maximum Gasteiger partial charge on any atom is 0.227 e. The molecule has 3 rings (SSSR count). The predicted molar refractivity (Wildman–Crippen MR) is 104 cm³/mol. The summed E-state index contributed by atoms with van der Waals surface area (Å²) in [5.41, 5.74) is 0.358. The van der Waals surface area contributed by atoms with Gasteiger partial charge in [0, 0.05) is 49.0 Å². The van der Waals surface area contributed by atoms with Gasteiger partial charge in [-0.2, -0.15) is 0 Å². The van der Waals surface area contributed by atoms with Crippen LogP contribution in [0.25, 0.3) is 0 Å². The van der Waals surface area contributed by atoms with Crippen LogP contribution in [0.2, 0.25) is 0 Å². The third kappa shape index (κ3) is 3.68. The standard InChI is InChI=1S/C21H30N2O5/c1-14(2)20(26)23-10-16-9-22(11-21(16,12-23)13-24)19(25)8-15-7-17(27-3)5-6-18(15)28-4/h5-7,14,16,24H,8-13H2,1-4H3/t16-,21+/m0/s1. The van der Waals surface area contributed by atoms with Gasteiger partial charge >= 0.3 is 0 Å². The van der Waals surface area contributed by atoms with Gasteiger partial charge in [0.15, 0.2) is 0 Å². The first-order chi connectivity index (χ1) is 13.3. The van der Waals surface area contributed by atoms with Crippen LogP contribution in [0.1, 0.15) is 19.4 Å². The molecule has 154 valence electrons. The SMILES string of the molecule is COc1ccc(OC)c(CC(=O)N2C[C@H]3CN(C(=O)C(C)C)C[C@@]3(CO)C2)c1. The molecule has 0 saturated carbocycles. The summed E-state index contributed by atoms with van der Waals surface area (Å²) in [6, 6.07) is 5.41. The molecular formula is C21H30N2O5. The minimum absolute atomic E-state index is 0.00415. The lowest BCUT2D eigenvalue weighted by atomic mass is 9.82. The number of hydrogen-bond acceptors (Lipinski definition) is 5. The van der Waals surface area contributed by atoms with Crippen molar-refractivity contribution >= 4 is 11.8 Å². The van der Waals surface area contributed by atoms with E-state index >= 15 is 0 Å². The number of carbonyl (C=O) groups is 2. The van der Waals surface area contributed by atoms with Gasteiger partial charge in [-0.15, -0.1) is 0 Å². The highest BCUT2D eigenvalue weighted by atomic mass is 16.5. The Morgan fingerprint density at radius 2 is 1.86 bits per heavy atom. The van der Waals surface area contributed by atoms with Gasteiger partial charge in [0.05, 0.1) is 27.2 Å². The van der Waals surface area contributed by atoms with Crippen LogP contribution in [0.4, 0.5) is 0 Å². The molecule has 0 spiro atoms. The fourth-order valence-electron chi connectivity index (χ4n) is 4.42. The number of carbonyl (C=O) groups excluding carboxylic acids is 2. The molecule has 7 nitrogen and oxygen atoms in total. The van der Waals surface area contributed by atoms with Crippen molar-refractivity contribution in [3.63, 3.8) is 0 Å². The molecule has 1 N–H and O–H groups in total. The van der Waals surface area contributed by atoms with Crippen molar-refractivity contribution in [2.24, 2.45) is 17.3 Å². The average molecular weight is 390 g/mol. The summed E-state index contributed by atoms with van der Waals surface area (Å²) >= 11 is 0. The third-order valence-electron chi connectivity index (χ3n) is 6.06.